The maximum atomic E-state index is 12.5. The topological polar surface area (TPSA) is 87.1 Å². The highest BCUT2D eigenvalue weighted by molar-refractivity contribution is 6.00. The second kappa shape index (κ2) is 6.71. The Morgan fingerprint density at radius 1 is 1.20 bits per heavy atom. The summed E-state index contributed by atoms with van der Waals surface area (Å²) in [6, 6.07) is 13.8. The zero-order valence-corrected chi connectivity index (χ0v) is 16.8. The third-order valence-corrected chi connectivity index (χ3v) is 6.68. The smallest absolute Gasteiger partial charge is 0.352 e. The van der Waals surface area contributed by atoms with Gasteiger partial charge in [0.2, 0.25) is 5.91 Å². The molecule has 0 aromatic heterocycles. The summed E-state index contributed by atoms with van der Waals surface area (Å²) in [5.74, 6) is -1.51. The fraction of sp³-hybridized carbons (Fsp3) is 0.333. The maximum absolute atomic E-state index is 12.5. The zero-order valence-electron chi connectivity index (χ0n) is 16.8. The number of benzene rings is 2. The van der Waals surface area contributed by atoms with E-state index < -0.39 is 18.0 Å². The maximum Gasteiger partial charge on any atom is 0.352 e. The van der Waals surface area contributed by atoms with Crippen LogP contribution in [0.2, 0.25) is 0 Å². The average Bonchev–Trinajstić information content (AvgIpc) is 3.20. The Balaban J connectivity index is 1.47. The van der Waals surface area contributed by atoms with E-state index in [4.69, 9.17) is 4.74 Å². The minimum absolute atomic E-state index is 0.00220. The van der Waals surface area contributed by atoms with Gasteiger partial charge in [0, 0.05) is 17.1 Å². The van der Waals surface area contributed by atoms with Gasteiger partial charge in [0.1, 0.15) is 18.1 Å². The summed E-state index contributed by atoms with van der Waals surface area (Å²) in [5, 5.41) is 19.8. The molecule has 0 radical (unpaired) electrons. The summed E-state index contributed by atoms with van der Waals surface area (Å²) < 4.78 is 6.17. The van der Waals surface area contributed by atoms with Crippen LogP contribution in [0.25, 0.3) is 11.1 Å². The Labute approximate surface area is 174 Å². The first-order chi connectivity index (χ1) is 14.4. The number of nitrogens with zero attached hydrogens (tertiary/aromatic N) is 1. The molecule has 0 unspecified atom stereocenters. The first kappa shape index (κ1) is 18.9. The number of β-lactam (4-membered cyclic amide) rings is 1. The van der Waals surface area contributed by atoms with E-state index in [1.165, 1.54) is 16.0 Å². The van der Waals surface area contributed by atoms with Crippen LogP contribution in [0.3, 0.4) is 0 Å². The van der Waals surface area contributed by atoms with Gasteiger partial charge in [-0.15, -0.1) is 0 Å². The van der Waals surface area contributed by atoms with Crippen molar-refractivity contribution in [1.29, 1.82) is 0 Å². The molecule has 4 atom stereocenters. The molecule has 6 heteroatoms. The molecule has 154 valence electrons. The third-order valence-electron chi connectivity index (χ3n) is 6.68. The highest BCUT2D eigenvalue weighted by Crippen LogP contribution is 2.48. The minimum Gasteiger partial charge on any atom is -0.488 e. The van der Waals surface area contributed by atoms with Crippen molar-refractivity contribution in [2.45, 2.75) is 32.4 Å². The normalized spacial score (nSPS) is 24.8. The van der Waals surface area contributed by atoms with E-state index in [1.54, 1.807) is 6.92 Å². The van der Waals surface area contributed by atoms with Gasteiger partial charge >= 0.3 is 5.97 Å². The Bertz CT molecular complexity index is 1100. The van der Waals surface area contributed by atoms with Gasteiger partial charge in [-0.2, -0.15) is 0 Å². The third kappa shape index (κ3) is 2.53. The molecule has 2 aromatic carbocycles. The summed E-state index contributed by atoms with van der Waals surface area (Å²) in [6.45, 7) is 3.57. The van der Waals surface area contributed by atoms with Gasteiger partial charge < -0.3 is 19.8 Å². The lowest BCUT2D eigenvalue weighted by Crippen LogP contribution is -2.63. The molecule has 2 heterocycles. The van der Waals surface area contributed by atoms with Gasteiger partial charge in [-0.05, 0) is 36.1 Å². The molecule has 0 spiro atoms. The number of hydrogen-bond acceptors (Lipinski definition) is 4. The molecule has 1 aliphatic carbocycles. The van der Waals surface area contributed by atoms with Crippen LogP contribution in [0.4, 0.5) is 0 Å². The van der Waals surface area contributed by atoms with Crippen LogP contribution < -0.4 is 4.74 Å². The minimum atomic E-state index is -1.14. The number of amides is 1. The van der Waals surface area contributed by atoms with E-state index in [-0.39, 0.29) is 30.2 Å². The molecule has 1 fully saturated rings. The quantitative estimate of drug-likeness (QED) is 0.638. The lowest BCUT2D eigenvalue weighted by atomic mass is 9.78. The second-order valence-corrected chi connectivity index (χ2v) is 8.35. The summed E-state index contributed by atoms with van der Waals surface area (Å²) in [4.78, 5) is 25.8. The van der Waals surface area contributed by atoms with E-state index in [2.05, 4.69) is 18.2 Å². The first-order valence-electron chi connectivity index (χ1n) is 10.2. The van der Waals surface area contributed by atoms with Gasteiger partial charge in [0.15, 0.2) is 0 Å². The van der Waals surface area contributed by atoms with Crippen LogP contribution in [0, 0.1) is 11.8 Å². The number of aliphatic hydroxyl groups is 1. The average molecular weight is 405 g/mol. The molecular weight excluding hydrogens is 382 g/mol. The van der Waals surface area contributed by atoms with Gasteiger partial charge in [-0.1, -0.05) is 43.3 Å². The fourth-order valence-corrected chi connectivity index (χ4v) is 5.26. The Morgan fingerprint density at radius 2 is 1.93 bits per heavy atom. The Kier molecular flexibility index (Phi) is 4.22. The van der Waals surface area contributed by atoms with E-state index in [0.29, 0.717) is 5.57 Å². The number of hydrogen-bond donors (Lipinski definition) is 2. The van der Waals surface area contributed by atoms with Gasteiger partial charge in [-0.3, -0.25) is 4.79 Å². The molecule has 6 nitrogen and oxygen atoms in total. The molecule has 3 aliphatic rings. The summed E-state index contributed by atoms with van der Waals surface area (Å²) in [6.07, 6.45) is 0.0354. The molecule has 0 saturated carbocycles. The number of aliphatic hydroxyl groups excluding tert-OH is 1. The van der Waals surface area contributed by atoms with E-state index >= 15 is 0 Å². The number of carbonyl (C=O) groups is 2. The van der Waals surface area contributed by atoms with Crippen LogP contribution in [-0.4, -0.2) is 45.7 Å². The summed E-state index contributed by atoms with van der Waals surface area (Å²) in [5.41, 5.74) is 5.22. The van der Waals surface area contributed by atoms with Gasteiger partial charge in [0.05, 0.1) is 18.1 Å². The predicted octanol–water partition coefficient (Wildman–Crippen LogP) is 2.83. The van der Waals surface area contributed by atoms with Crippen molar-refractivity contribution in [3.63, 3.8) is 0 Å². The van der Waals surface area contributed by atoms with Gasteiger partial charge in [-0.25, -0.2) is 4.79 Å². The molecule has 1 amide bonds. The number of rotatable bonds is 5. The Hall–Kier alpha value is -3.12. The molecule has 2 aromatic rings. The molecule has 1 saturated heterocycles. The van der Waals surface area contributed by atoms with E-state index in [0.717, 1.165) is 23.3 Å². The van der Waals surface area contributed by atoms with Crippen molar-refractivity contribution in [3.05, 3.63) is 64.9 Å². The highest BCUT2D eigenvalue weighted by atomic mass is 16.5. The van der Waals surface area contributed by atoms with E-state index in [1.807, 2.05) is 31.2 Å². The van der Waals surface area contributed by atoms with Crippen LogP contribution in [0.15, 0.2) is 53.7 Å². The molecule has 2 N–H and O–H groups in total. The zero-order chi connectivity index (χ0) is 21.2. The Morgan fingerprint density at radius 3 is 2.67 bits per heavy atom. The van der Waals surface area contributed by atoms with Crippen molar-refractivity contribution in [2.24, 2.45) is 11.8 Å². The van der Waals surface area contributed by atoms with Crippen LogP contribution in [-0.2, 0) is 16.0 Å². The monoisotopic (exact) mass is 405 g/mol. The standard InChI is InChI=1S/C24H23NO5/c1-12-17(22(24(28)29)25-21(12)19(13(2)26)23(25)27)11-30-18-9-5-7-15-10-14-6-3-4-8-16(14)20(15)18/h3-9,12-13,19,21,26H,10-11H2,1-2H3,(H,28,29)/t12-,13+,19+,21+/m0/s1. The number of fused-ring (bicyclic) bond motifs is 4. The lowest BCUT2D eigenvalue weighted by molar-refractivity contribution is -0.163. The number of aliphatic carboxylic acids is 1. The van der Waals surface area contributed by atoms with Crippen molar-refractivity contribution in [3.8, 4) is 16.9 Å². The van der Waals surface area contributed by atoms with E-state index in [9.17, 15) is 19.8 Å². The largest absolute Gasteiger partial charge is 0.488 e. The van der Waals surface area contributed by atoms with Gasteiger partial charge in [0.25, 0.3) is 0 Å². The van der Waals surface area contributed by atoms with Crippen LogP contribution >= 0.6 is 0 Å². The molecule has 2 aliphatic heterocycles. The van der Waals surface area contributed by atoms with Crippen molar-refractivity contribution >= 4 is 11.9 Å². The molecule has 0 bridgehead atoms. The summed E-state index contributed by atoms with van der Waals surface area (Å²) in [7, 11) is 0. The number of carbonyl (C=O) groups excluding carboxylic acids is 1. The van der Waals surface area contributed by atoms with Crippen molar-refractivity contribution < 1.29 is 24.5 Å². The number of carboxylic acids is 1. The molecule has 5 rings (SSSR count). The van der Waals surface area contributed by atoms with Crippen molar-refractivity contribution in [1.82, 2.24) is 4.90 Å². The first-order valence-corrected chi connectivity index (χ1v) is 10.2. The SMILES string of the molecule is C[C@@H](O)[C@H]1C(=O)N2C(C(=O)O)=C(COc3cccc4c3-c3ccccc3C4)[C@H](C)[C@H]12. The number of carboxylic acid groups (broad SMARTS) is 1. The molecule has 30 heavy (non-hydrogen) atoms. The lowest BCUT2D eigenvalue weighted by Gasteiger charge is -2.46. The molecular formula is C24H23NO5. The number of ether oxygens (including phenoxy) is 1. The predicted molar refractivity (Wildman–Crippen MR) is 110 cm³/mol. The second-order valence-electron chi connectivity index (χ2n) is 8.35. The van der Waals surface area contributed by atoms with Crippen LogP contribution in [0.5, 0.6) is 5.75 Å². The van der Waals surface area contributed by atoms with Crippen LogP contribution in [0.1, 0.15) is 25.0 Å². The van der Waals surface area contributed by atoms with Crippen molar-refractivity contribution in [2.75, 3.05) is 6.61 Å². The fourth-order valence-electron chi connectivity index (χ4n) is 5.26. The highest BCUT2D eigenvalue weighted by Gasteiger charge is 2.59. The summed E-state index contributed by atoms with van der Waals surface area (Å²) >= 11 is 0.